The van der Waals surface area contributed by atoms with Crippen molar-refractivity contribution in [3.63, 3.8) is 0 Å². The van der Waals surface area contributed by atoms with Crippen molar-refractivity contribution in [1.29, 1.82) is 0 Å². The van der Waals surface area contributed by atoms with Gasteiger partial charge in [0, 0.05) is 19.7 Å². The minimum absolute atomic E-state index is 0.446. The predicted molar refractivity (Wildman–Crippen MR) is 75.5 cm³/mol. The molecule has 0 spiro atoms. The molecule has 0 saturated heterocycles. The molecule has 2 aromatic heterocycles. The van der Waals surface area contributed by atoms with E-state index in [4.69, 9.17) is 5.73 Å². The fourth-order valence-corrected chi connectivity index (χ4v) is 2.39. The van der Waals surface area contributed by atoms with E-state index in [0.717, 1.165) is 33.9 Å². The maximum absolute atomic E-state index is 5.66. The minimum atomic E-state index is 0.446. The second-order valence-electron chi connectivity index (χ2n) is 4.74. The Bertz CT molecular complexity index is 751. The molecule has 19 heavy (non-hydrogen) atoms. The van der Waals surface area contributed by atoms with Crippen LogP contribution in [0.15, 0.2) is 24.4 Å². The molecule has 3 aromatic rings. The third kappa shape index (κ3) is 1.74. The summed E-state index contributed by atoms with van der Waals surface area (Å²) in [5.41, 5.74) is 9.98. The lowest BCUT2D eigenvalue weighted by Crippen LogP contribution is -2.05. The van der Waals surface area contributed by atoms with Gasteiger partial charge in [-0.1, -0.05) is 6.07 Å². The molecule has 98 valence electrons. The lowest BCUT2D eigenvalue weighted by atomic mass is 10.1. The molecular weight excluding hydrogens is 238 g/mol. The Hall–Kier alpha value is -2.14. The van der Waals surface area contributed by atoms with E-state index in [-0.39, 0.29) is 0 Å². The Labute approximate surface area is 111 Å². The second kappa shape index (κ2) is 4.20. The molecule has 5 heteroatoms. The van der Waals surface area contributed by atoms with Crippen LogP contribution in [0, 0.1) is 6.92 Å². The zero-order valence-corrected chi connectivity index (χ0v) is 11.4. The number of benzene rings is 1. The normalized spacial score (nSPS) is 11.4. The van der Waals surface area contributed by atoms with E-state index in [1.165, 1.54) is 0 Å². The summed E-state index contributed by atoms with van der Waals surface area (Å²) in [5.74, 6) is 1.90. The molecule has 1 aromatic carbocycles. The van der Waals surface area contributed by atoms with Gasteiger partial charge in [0.2, 0.25) is 0 Å². The van der Waals surface area contributed by atoms with E-state index >= 15 is 0 Å². The van der Waals surface area contributed by atoms with Gasteiger partial charge in [-0.2, -0.15) is 0 Å². The van der Waals surface area contributed by atoms with Crippen molar-refractivity contribution in [2.24, 2.45) is 19.8 Å². The topological polar surface area (TPSA) is 61.7 Å². The van der Waals surface area contributed by atoms with E-state index in [1.807, 2.05) is 31.8 Å². The minimum Gasteiger partial charge on any atom is -0.331 e. The summed E-state index contributed by atoms with van der Waals surface area (Å²) < 4.78 is 4.12. The molecule has 0 saturated carbocycles. The Balaban J connectivity index is 2.17. The number of aryl methyl sites for hydroxylation is 2. The van der Waals surface area contributed by atoms with Crippen LogP contribution >= 0.6 is 0 Å². The standard InChI is InChI=1S/C14H17N5/c1-9-17-11-6-10(4-5-12(11)18(9)2)13-8-16-14(7-15)19(13)3/h4-6,8H,7,15H2,1-3H3. The molecule has 2 heterocycles. The first kappa shape index (κ1) is 11.9. The summed E-state index contributed by atoms with van der Waals surface area (Å²) >= 11 is 0. The highest BCUT2D eigenvalue weighted by Gasteiger charge is 2.10. The highest BCUT2D eigenvalue weighted by molar-refractivity contribution is 5.81. The number of nitrogens with zero attached hydrogens (tertiary/aromatic N) is 4. The van der Waals surface area contributed by atoms with Crippen LogP contribution in [0.1, 0.15) is 11.6 Å². The van der Waals surface area contributed by atoms with Crippen molar-refractivity contribution in [2.45, 2.75) is 13.5 Å². The third-order valence-electron chi connectivity index (χ3n) is 3.67. The van der Waals surface area contributed by atoms with E-state index in [2.05, 4.69) is 32.7 Å². The number of fused-ring (bicyclic) bond motifs is 1. The number of hydrogen-bond acceptors (Lipinski definition) is 3. The molecular formula is C14H17N5. The number of aromatic nitrogens is 4. The molecule has 0 radical (unpaired) electrons. The lowest BCUT2D eigenvalue weighted by molar-refractivity contribution is 0.799. The van der Waals surface area contributed by atoms with E-state index in [0.29, 0.717) is 6.54 Å². The Morgan fingerprint density at radius 2 is 2.00 bits per heavy atom. The Morgan fingerprint density at radius 1 is 1.21 bits per heavy atom. The largest absolute Gasteiger partial charge is 0.331 e. The van der Waals surface area contributed by atoms with Gasteiger partial charge in [0.25, 0.3) is 0 Å². The van der Waals surface area contributed by atoms with Gasteiger partial charge in [0.15, 0.2) is 0 Å². The van der Waals surface area contributed by atoms with E-state index in [9.17, 15) is 0 Å². The van der Waals surface area contributed by atoms with Crippen LogP contribution in [-0.4, -0.2) is 19.1 Å². The van der Waals surface area contributed by atoms with Crippen molar-refractivity contribution in [3.8, 4) is 11.3 Å². The van der Waals surface area contributed by atoms with Crippen molar-refractivity contribution >= 4 is 11.0 Å². The summed E-state index contributed by atoms with van der Waals surface area (Å²) in [4.78, 5) is 8.89. The number of hydrogen-bond donors (Lipinski definition) is 1. The third-order valence-corrected chi connectivity index (χ3v) is 3.67. The lowest BCUT2D eigenvalue weighted by Gasteiger charge is -2.05. The zero-order chi connectivity index (χ0) is 13.6. The summed E-state index contributed by atoms with van der Waals surface area (Å²) in [7, 11) is 4.01. The molecule has 0 atom stereocenters. The van der Waals surface area contributed by atoms with Crippen LogP contribution in [0.2, 0.25) is 0 Å². The summed E-state index contributed by atoms with van der Waals surface area (Å²) in [5, 5.41) is 0. The van der Waals surface area contributed by atoms with E-state index in [1.54, 1.807) is 0 Å². The molecule has 0 aliphatic heterocycles. The predicted octanol–water partition coefficient (Wildman–Crippen LogP) is 1.74. The van der Waals surface area contributed by atoms with E-state index < -0.39 is 0 Å². The van der Waals surface area contributed by atoms with Gasteiger partial charge in [-0.15, -0.1) is 0 Å². The van der Waals surface area contributed by atoms with Gasteiger partial charge in [-0.3, -0.25) is 0 Å². The van der Waals surface area contributed by atoms with Crippen LogP contribution in [0.3, 0.4) is 0 Å². The van der Waals surface area contributed by atoms with Crippen LogP contribution in [0.25, 0.3) is 22.3 Å². The fourth-order valence-electron chi connectivity index (χ4n) is 2.39. The maximum atomic E-state index is 5.66. The smallest absolute Gasteiger partial charge is 0.122 e. The quantitative estimate of drug-likeness (QED) is 0.758. The number of nitrogens with two attached hydrogens (primary N) is 1. The van der Waals surface area contributed by atoms with Gasteiger partial charge in [0.1, 0.15) is 11.6 Å². The summed E-state index contributed by atoms with van der Waals surface area (Å²) in [6.07, 6.45) is 1.86. The SMILES string of the molecule is Cc1nc2cc(-c3cnc(CN)n3C)ccc2n1C. The average Bonchev–Trinajstić information content (AvgIpc) is 2.91. The first-order valence-corrected chi connectivity index (χ1v) is 6.26. The van der Waals surface area contributed by atoms with Crippen molar-refractivity contribution in [3.05, 3.63) is 36.0 Å². The molecule has 0 aliphatic rings. The highest BCUT2D eigenvalue weighted by Crippen LogP contribution is 2.24. The molecule has 0 amide bonds. The van der Waals surface area contributed by atoms with Gasteiger partial charge in [-0.25, -0.2) is 9.97 Å². The zero-order valence-electron chi connectivity index (χ0n) is 11.4. The molecule has 0 fully saturated rings. The fraction of sp³-hybridized carbons (Fsp3) is 0.286. The maximum Gasteiger partial charge on any atom is 0.122 e. The van der Waals surface area contributed by atoms with Gasteiger partial charge in [0.05, 0.1) is 29.5 Å². The molecule has 2 N–H and O–H groups in total. The Morgan fingerprint density at radius 3 is 2.68 bits per heavy atom. The first-order chi connectivity index (χ1) is 9.11. The molecule has 5 nitrogen and oxygen atoms in total. The van der Waals surface area contributed by atoms with Crippen LogP contribution < -0.4 is 5.73 Å². The monoisotopic (exact) mass is 255 g/mol. The van der Waals surface area contributed by atoms with Crippen LogP contribution in [0.5, 0.6) is 0 Å². The molecule has 3 rings (SSSR count). The van der Waals surface area contributed by atoms with Crippen molar-refractivity contribution < 1.29 is 0 Å². The molecule has 0 aliphatic carbocycles. The molecule has 0 bridgehead atoms. The average molecular weight is 255 g/mol. The summed E-state index contributed by atoms with van der Waals surface area (Å²) in [6, 6.07) is 6.29. The highest BCUT2D eigenvalue weighted by atomic mass is 15.1. The van der Waals surface area contributed by atoms with Gasteiger partial charge in [-0.05, 0) is 19.1 Å². The van der Waals surface area contributed by atoms with Crippen LogP contribution in [0.4, 0.5) is 0 Å². The summed E-state index contributed by atoms with van der Waals surface area (Å²) in [6.45, 7) is 2.46. The first-order valence-electron chi connectivity index (χ1n) is 6.26. The number of imidazole rings is 2. The van der Waals surface area contributed by atoms with Crippen molar-refractivity contribution in [1.82, 2.24) is 19.1 Å². The number of rotatable bonds is 2. The molecule has 0 unspecified atom stereocenters. The second-order valence-corrected chi connectivity index (χ2v) is 4.74. The van der Waals surface area contributed by atoms with Gasteiger partial charge < -0.3 is 14.9 Å². The Kier molecular flexibility index (Phi) is 2.64. The van der Waals surface area contributed by atoms with Gasteiger partial charge >= 0.3 is 0 Å². The van der Waals surface area contributed by atoms with Crippen LogP contribution in [-0.2, 0) is 20.6 Å². The van der Waals surface area contributed by atoms with Crippen molar-refractivity contribution in [2.75, 3.05) is 0 Å².